The van der Waals surface area contributed by atoms with Crippen LogP contribution < -0.4 is 5.32 Å². The first-order valence-electron chi connectivity index (χ1n) is 5.26. The van der Waals surface area contributed by atoms with E-state index in [0.29, 0.717) is 24.2 Å². The normalized spacial score (nSPS) is 19.5. The Kier molecular flexibility index (Phi) is 3.26. The molecule has 0 atom stereocenters. The molecular formula is C9H12F3N3OS. The van der Waals surface area contributed by atoms with Crippen molar-refractivity contribution in [2.75, 3.05) is 11.9 Å². The summed E-state index contributed by atoms with van der Waals surface area (Å²) in [4.78, 5) is 0. The van der Waals surface area contributed by atoms with Crippen molar-refractivity contribution in [2.24, 2.45) is 0 Å². The quantitative estimate of drug-likeness (QED) is 0.882. The van der Waals surface area contributed by atoms with E-state index in [1.54, 1.807) is 0 Å². The van der Waals surface area contributed by atoms with Crippen LogP contribution in [0.1, 0.15) is 30.7 Å². The number of nitrogens with zero attached hydrogens (tertiary/aromatic N) is 2. The van der Waals surface area contributed by atoms with E-state index in [9.17, 15) is 18.3 Å². The average molecular weight is 267 g/mol. The highest BCUT2D eigenvalue weighted by Gasteiger charge is 2.36. The summed E-state index contributed by atoms with van der Waals surface area (Å²) < 4.78 is 36.7. The van der Waals surface area contributed by atoms with Gasteiger partial charge in [0.05, 0.1) is 5.60 Å². The maximum absolute atomic E-state index is 12.2. The van der Waals surface area contributed by atoms with Crippen LogP contribution in [0.5, 0.6) is 0 Å². The minimum Gasteiger partial charge on any atom is -0.388 e. The highest BCUT2D eigenvalue weighted by atomic mass is 32.1. The summed E-state index contributed by atoms with van der Waals surface area (Å²) in [5, 5.41) is 18.3. The summed E-state index contributed by atoms with van der Waals surface area (Å²) in [7, 11) is 0. The summed E-state index contributed by atoms with van der Waals surface area (Å²) in [5.41, 5.74) is -0.815. The molecule has 2 rings (SSSR count). The molecule has 17 heavy (non-hydrogen) atoms. The zero-order valence-corrected chi connectivity index (χ0v) is 9.74. The molecule has 2 N–H and O–H groups in total. The van der Waals surface area contributed by atoms with Gasteiger partial charge in [-0.3, -0.25) is 0 Å². The molecule has 8 heteroatoms. The van der Waals surface area contributed by atoms with E-state index in [-0.39, 0.29) is 11.7 Å². The Balaban J connectivity index is 1.93. The van der Waals surface area contributed by atoms with Crippen LogP contribution in [-0.4, -0.2) is 27.4 Å². The molecule has 1 heterocycles. The van der Waals surface area contributed by atoms with Crippen LogP contribution in [0.3, 0.4) is 0 Å². The fraction of sp³-hybridized carbons (Fsp3) is 0.778. The van der Waals surface area contributed by atoms with Crippen molar-refractivity contribution in [3.8, 4) is 0 Å². The third-order valence-electron chi connectivity index (χ3n) is 2.77. The van der Waals surface area contributed by atoms with Crippen molar-refractivity contribution in [1.29, 1.82) is 0 Å². The van der Waals surface area contributed by atoms with Gasteiger partial charge in [-0.05, 0) is 12.8 Å². The molecule has 0 spiro atoms. The second kappa shape index (κ2) is 4.41. The minimum absolute atomic E-state index is 0.0950. The molecule has 1 aromatic rings. The van der Waals surface area contributed by atoms with E-state index >= 15 is 0 Å². The van der Waals surface area contributed by atoms with Gasteiger partial charge in [0, 0.05) is 6.54 Å². The van der Waals surface area contributed by atoms with Crippen molar-refractivity contribution < 1.29 is 18.3 Å². The summed E-state index contributed by atoms with van der Waals surface area (Å²) in [5.74, 6) is 0. The van der Waals surface area contributed by atoms with Crippen LogP contribution >= 0.6 is 11.3 Å². The molecule has 0 aliphatic heterocycles. The maximum atomic E-state index is 12.2. The Hall–Kier alpha value is -0.890. The Labute approximate surface area is 99.9 Å². The van der Waals surface area contributed by atoms with Crippen LogP contribution in [0, 0.1) is 0 Å². The van der Waals surface area contributed by atoms with Gasteiger partial charge in [0.1, 0.15) is 0 Å². The molecule has 4 nitrogen and oxygen atoms in total. The van der Waals surface area contributed by atoms with E-state index in [1.165, 1.54) is 0 Å². The zero-order valence-electron chi connectivity index (χ0n) is 8.92. The van der Waals surface area contributed by atoms with Gasteiger partial charge in [-0.15, -0.1) is 10.2 Å². The van der Waals surface area contributed by atoms with Crippen LogP contribution in [-0.2, 0) is 6.18 Å². The predicted octanol–water partition coefficient (Wildman–Crippen LogP) is 2.27. The number of hydrogen-bond donors (Lipinski definition) is 2. The van der Waals surface area contributed by atoms with Gasteiger partial charge in [-0.2, -0.15) is 13.2 Å². The van der Waals surface area contributed by atoms with Gasteiger partial charge in [0.25, 0.3) is 0 Å². The largest absolute Gasteiger partial charge is 0.445 e. The van der Waals surface area contributed by atoms with Gasteiger partial charge in [-0.1, -0.05) is 24.2 Å². The smallest absolute Gasteiger partial charge is 0.388 e. The van der Waals surface area contributed by atoms with Gasteiger partial charge in [0.2, 0.25) is 10.1 Å². The van der Waals surface area contributed by atoms with Crippen LogP contribution in [0.4, 0.5) is 18.3 Å². The van der Waals surface area contributed by atoms with Gasteiger partial charge >= 0.3 is 6.18 Å². The first kappa shape index (κ1) is 12.6. The van der Waals surface area contributed by atoms with E-state index < -0.39 is 16.8 Å². The lowest BCUT2D eigenvalue weighted by atomic mass is 10.0. The van der Waals surface area contributed by atoms with E-state index in [4.69, 9.17) is 0 Å². The van der Waals surface area contributed by atoms with Crippen molar-refractivity contribution in [3.63, 3.8) is 0 Å². The summed E-state index contributed by atoms with van der Waals surface area (Å²) in [6.45, 7) is 0.222. The number of aliphatic hydroxyl groups is 1. The highest BCUT2D eigenvalue weighted by molar-refractivity contribution is 7.15. The standard InChI is InChI=1S/C9H12F3N3OS/c10-9(11,12)6-14-15-7(17-6)13-5-8(16)3-1-2-4-8/h16H,1-5H2,(H,13,15). The Bertz CT molecular complexity index is 387. The molecule has 1 aromatic heterocycles. The number of aromatic nitrogens is 2. The Morgan fingerprint density at radius 3 is 2.47 bits per heavy atom. The first-order chi connectivity index (χ1) is 7.89. The van der Waals surface area contributed by atoms with Crippen LogP contribution in [0.2, 0.25) is 0 Å². The lowest BCUT2D eigenvalue weighted by Gasteiger charge is -2.21. The van der Waals surface area contributed by atoms with Gasteiger partial charge in [-0.25, -0.2) is 0 Å². The summed E-state index contributed by atoms with van der Waals surface area (Å²) in [6.07, 6.45) is -1.22. The lowest BCUT2D eigenvalue weighted by Crippen LogP contribution is -2.33. The zero-order chi connectivity index (χ0) is 12.5. The SMILES string of the molecule is OC1(CNc2nnc(C(F)(F)F)s2)CCCC1. The van der Waals surface area contributed by atoms with Crippen molar-refractivity contribution >= 4 is 16.5 Å². The number of nitrogens with one attached hydrogen (secondary N) is 1. The number of hydrogen-bond acceptors (Lipinski definition) is 5. The predicted molar refractivity (Wildman–Crippen MR) is 56.8 cm³/mol. The number of rotatable bonds is 3. The van der Waals surface area contributed by atoms with E-state index in [1.807, 2.05) is 0 Å². The minimum atomic E-state index is -4.46. The molecule has 0 unspecified atom stereocenters. The van der Waals surface area contributed by atoms with E-state index in [0.717, 1.165) is 12.8 Å². The molecule has 0 bridgehead atoms. The summed E-state index contributed by atoms with van der Waals surface area (Å²) >= 11 is 0.452. The van der Waals surface area contributed by atoms with Crippen molar-refractivity contribution in [2.45, 2.75) is 37.5 Å². The molecule has 0 radical (unpaired) electrons. The third kappa shape index (κ3) is 3.06. The second-order valence-electron chi connectivity index (χ2n) is 4.20. The number of alkyl halides is 3. The molecule has 0 aromatic carbocycles. The molecule has 0 saturated heterocycles. The van der Waals surface area contributed by atoms with Crippen LogP contribution in [0.15, 0.2) is 0 Å². The second-order valence-corrected chi connectivity index (χ2v) is 5.17. The maximum Gasteiger partial charge on any atom is 0.445 e. The molecule has 0 amide bonds. The Morgan fingerprint density at radius 1 is 1.29 bits per heavy atom. The summed E-state index contributed by atoms with van der Waals surface area (Å²) in [6, 6.07) is 0. The molecular weight excluding hydrogens is 255 g/mol. The third-order valence-corrected chi connectivity index (χ3v) is 3.70. The highest BCUT2D eigenvalue weighted by Crippen LogP contribution is 2.34. The van der Waals surface area contributed by atoms with Gasteiger partial charge < -0.3 is 10.4 Å². The number of anilines is 1. The molecule has 1 saturated carbocycles. The van der Waals surface area contributed by atoms with Crippen molar-refractivity contribution in [1.82, 2.24) is 10.2 Å². The monoisotopic (exact) mass is 267 g/mol. The fourth-order valence-corrected chi connectivity index (χ4v) is 2.47. The average Bonchev–Trinajstić information content (AvgIpc) is 2.83. The topological polar surface area (TPSA) is 58.0 Å². The van der Waals surface area contributed by atoms with Crippen molar-refractivity contribution in [3.05, 3.63) is 5.01 Å². The molecule has 1 aliphatic rings. The fourth-order valence-electron chi connectivity index (χ4n) is 1.86. The van der Waals surface area contributed by atoms with Gasteiger partial charge in [0.15, 0.2) is 0 Å². The van der Waals surface area contributed by atoms with Crippen LogP contribution in [0.25, 0.3) is 0 Å². The van der Waals surface area contributed by atoms with E-state index in [2.05, 4.69) is 15.5 Å². The molecule has 1 aliphatic carbocycles. The number of halogens is 3. The first-order valence-corrected chi connectivity index (χ1v) is 6.08. The lowest BCUT2D eigenvalue weighted by molar-refractivity contribution is -0.138. The molecule has 1 fully saturated rings. The molecule has 96 valence electrons. The Morgan fingerprint density at radius 2 is 1.94 bits per heavy atom.